The maximum Gasteiger partial charge on any atom is 0.320 e. The first-order valence-electron chi connectivity index (χ1n) is 7.25. The number of carbonyl (C=O) groups excluding carboxylic acids is 2. The minimum Gasteiger partial charge on any atom is -0.521 e. The number of esters is 1. The normalized spacial score (nSPS) is 9.96. The first-order valence-corrected chi connectivity index (χ1v) is 7.25. The van der Waals surface area contributed by atoms with Crippen molar-refractivity contribution in [3.05, 3.63) is 30.1 Å². The molecule has 0 aliphatic rings. The Morgan fingerprint density at radius 3 is 2.28 bits per heavy atom. The number of likely N-dealkylation sites (N-methyl/N-ethyl adjacent to an activating group) is 1. The van der Waals surface area contributed by atoms with Crippen molar-refractivity contribution >= 4 is 18.3 Å². The van der Waals surface area contributed by atoms with E-state index in [1.165, 1.54) is 6.41 Å². The fourth-order valence-electron chi connectivity index (χ4n) is 1.56. The number of pyridine rings is 1. The van der Waals surface area contributed by atoms with E-state index in [0.717, 1.165) is 5.56 Å². The summed E-state index contributed by atoms with van der Waals surface area (Å²) in [4.78, 5) is 36.2. The topological polar surface area (TPSA) is 109 Å². The molecular formula is C16H24FmN3O5-. The van der Waals surface area contributed by atoms with E-state index < -0.39 is 11.6 Å². The smallest absolute Gasteiger partial charge is 0.320 e. The molecule has 1 aromatic heterocycles. The van der Waals surface area contributed by atoms with Crippen LogP contribution in [0.1, 0.15) is 26.3 Å². The van der Waals surface area contributed by atoms with Gasteiger partial charge in [0.2, 0.25) is 0 Å². The molecule has 9 heteroatoms. The second-order valence-electron chi connectivity index (χ2n) is 5.96. The molecule has 0 atom stereocenters. The molecule has 0 fully saturated rings. The SMILES string of the molecule is CN(CC(=O)OC(C)(C)C)Cc1ccncc1.O=[C-]NCC(=O)O.[Fm]. The van der Waals surface area contributed by atoms with Crippen molar-refractivity contribution in [1.29, 1.82) is 0 Å². The quantitative estimate of drug-likeness (QED) is 0.270. The fourth-order valence-corrected chi connectivity index (χ4v) is 1.56. The molecule has 0 radical (unpaired) electrons. The molecule has 0 unspecified atom stereocenters. The van der Waals surface area contributed by atoms with Gasteiger partial charge in [0.15, 0.2) is 0 Å². The molecule has 8 nitrogen and oxygen atoms in total. The van der Waals surface area contributed by atoms with Gasteiger partial charge in [-0.3, -0.25) is 19.5 Å². The maximum atomic E-state index is 11.6. The average molecular weight is 595 g/mol. The van der Waals surface area contributed by atoms with Gasteiger partial charge in [0.05, 0.1) is 13.1 Å². The molecule has 146 valence electrons. The van der Waals surface area contributed by atoms with Crippen molar-refractivity contribution in [2.45, 2.75) is 32.9 Å². The van der Waals surface area contributed by atoms with Crippen molar-refractivity contribution < 1.29 is 24.2 Å². The summed E-state index contributed by atoms with van der Waals surface area (Å²) in [5, 5.41) is 9.65. The van der Waals surface area contributed by atoms with E-state index in [-0.39, 0.29) is 12.5 Å². The van der Waals surface area contributed by atoms with Gasteiger partial charge in [-0.15, -0.1) is 0 Å². The number of nitrogens with zero attached hydrogens (tertiary/aromatic N) is 2. The van der Waals surface area contributed by atoms with Gasteiger partial charge in [-0.2, -0.15) is 6.41 Å². The van der Waals surface area contributed by atoms with Crippen molar-refractivity contribution in [2.75, 3.05) is 20.1 Å². The molecule has 25 heavy (non-hydrogen) atoms. The minimum atomic E-state index is -1.07. The van der Waals surface area contributed by atoms with Crippen molar-refractivity contribution in [2.24, 2.45) is 0 Å². The number of amides is 1. The molecule has 1 heterocycles. The van der Waals surface area contributed by atoms with Gasteiger partial charge in [0.1, 0.15) is 5.60 Å². The summed E-state index contributed by atoms with van der Waals surface area (Å²) in [6, 6.07) is 3.87. The number of aromatic nitrogens is 1. The summed E-state index contributed by atoms with van der Waals surface area (Å²) in [6.07, 6.45) is 4.71. The first kappa shape index (κ1) is 23.8. The average Bonchev–Trinajstić information content (AvgIpc) is 2.44. The van der Waals surface area contributed by atoms with E-state index in [0.29, 0.717) is 13.1 Å². The Morgan fingerprint density at radius 2 is 1.88 bits per heavy atom. The summed E-state index contributed by atoms with van der Waals surface area (Å²) in [7, 11) is 1.89. The minimum absolute atomic E-state index is 0. The molecule has 0 aliphatic carbocycles. The number of aliphatic carboxylic acids is 1. The molecule has 1 rings (SSSR count). The second kappa shape index (κ2) is 12.0. The summed E-state index contributed by atoms with van der Waals surface area (Å²) >= 11 is 0. The number of rotatable bonds is 7. The van der Waals surface area contributed by atoms with Crippen molar-refractivity contribution in [3.8, 4) is 0 Å². The molecule has 0 aromatic carbocycles. The van der Waals surface area contributed by atoms with Crippen LogP contribution in [0.5, 0.6) is 0 Å². The van der Waals surface area contributed by atoms with E-state index in [4.69, 9.17) is 9.84 Å². The zero-order valence-electron chi connectivity index (χ0n) is 14.7. The summed E-state index contributed by atoms with van der Waals surface area (Å²) < 4.78 is 5.25. The Hall–Kier alpha value is -3.48. The van der Waals surface area contributed by atoms with Crippen LogP contribution in [-0.4, -0.2) is 59.1 Å². The Morgan fingerprint density at radius 1 is 1.32 bits per heavy atom. The number of ether oxygens (including phenoxy) is 1. The van der Waals surface area contributed by atoms with Crippen molar-refractivity contribution in [1.82, 2.24) is 15.2 Å². The van der Waals surface area contributed by atoms with Crippen LogP contribution >= 0.6 is 0 Å². The van der Waals surface area contributed by atoms with E-state index in [1.807, 2.05) is 50.2 Å². The van der Waals surface area contributed by atoms with Crippen LogP contribution in [0.25, 0.3) is 0 Å². The maximum absolute atomic E-state index is 11.6. The van der Waals surface area contributed by atoms with Gasteiger partial charge in [0, 0.05) is 18.9 Å². The monoisotopic (exact) mass is 595 g/mol. The van der Waals surface area contributed by atoms with Gasteiger partial charge in [0.25, 0.3) is 0 Å². The third-order valence-corrected chi connectivity index (χ3v) is 2.33. The van der Waals surface area contributed by atoms with Crippen LogP contribution in [0.15, 0.2) is 24.5 Å². The number of carbonyl (C=O) groups is 2. The Balaban J connectivity index is 0. The van der Waals surface area contributed by atoms with E-state index >= 15 is 0 Å². The first-order chi connectivity index (χ1) is 11.1. The number of carboxylic acid groups (broad SMARTS) is 1. The summed E-state index contributed by atoms with van der Waals surface area (Å²) in [5.41, 5.74) is 0.709. The van der Waals surface area contributed by atoms with E-state index in [2.05, 4.69) is 4.98 Å². The Labute approximate surface area is 141 Å². The number of nitrogens with one attached hydrogen (secondary N) is 1. The predicted molar refractivity (Wildman–Crippen MR) is 87.7 cm³/mol. The molecule has 0 aliphatic heterocycles. The standard InChI is InChI=1S/C13H20N2O2.C3H4NO3.Fm/c1-13(2,3)17-12(16)10-15(4)9-11-5-7-14-8-6-11;5-2-4-1-3(6)7;/h5-8H,9-10H2,1-4H3;1H2,(H,4,5)(H,6,7);/q;-1;. The predicted octanol–water partition coefficient (Wildman–Crippen LogP) is 0.583. The van der Waals surface area contributed by atoms with Crippen LogP contribution in [0.4, 0.5) is 0 Å². The van der Waals surface area contributed by atoms with Gasteiger partial charge < -0.3 is 20.0 Å². The largest absolute Gasteiger partial charge is 0.521 e. The van der Waals surface area contributed by atoms with Crippen molar-refractivity contribution in [3.63, 3.8) is 0 Å². The zero-order chi connectivity index (χ0) is 18.6. The van der Waals surface area contributed by atoms with Crippen LogP contribution < -0.4 is 5.32 Å². The molecule has 0 bridgehead atoms. The van der Waals surface area contributed by atoms with Crippen LogP contribution in [0.2, 0.25) is 0 Å². The molecule has 0 spiro atoms. The van der Waals surface area contributed by atoms with Gasteiger partial charge in [-0.25, -0.2) is 0 Å². The molecule has 1 amide bonds. The number of hydrogen-bond donors (Lipinski definition) is 2. The second-order valence-corrected chi connectivity index (χ2v) is 5.96. The summed E-state index contributed by atoms with van der Waals surface area (Å²) in [5.74, 6) is -1.27. The third kappa shape index (κ3) is 15.2. The molecular weight excluding hydrogens is 571 g/mol. The van der Waals surface area contributed by atoms with Gasteiger partial charge in [-0.1, -0.05) is 0 Å². The zero-order valence-corrected chi connectivity index (χ0v) is 17.1. The number of hydrogen-bond acceptors (Lipinski definition) is 6. The molecule has 0 saturated heterocycles. The molecule has 2 N–H and O–H groups in total. The van der Waals surface area contributed by atoms with Crippen LogP contribution in [-0.2, 0) is 25.7 Å². The summed E-state index contributed by atoms with van der Waals surface area (Å²) in [6.45, 7) is 6.25. The van der Waals surface area contributed by atoms with E-state index in [9.17, 15) is 14.4 Å². The van der Waals surface area contributed by atoms with Gasteiger partial charge >= 0.3 is 11.9 Å². The van der Waals surface area contributed by atoms with Gasteiger partial charge in [-0.05, 0) is 45.5 Å². The third-order valence-electron chi connectivity index (χ3n) is 2.33. The van der Waals surface area contributed by atoms with Crippen LogP contribution in [0, 0.1) is 0 Å². The Kier molecular flexibility index (Phi) is 11.4. The Bertz CT molecular complexity index is 520. The molecule has 1 aromatic rings. The molecule has 0 saturated carbocycles. The van der Waals surface area contributed by atoms with E-state index in [1.54, 1.807) is 12.4 Å². The fraction of sp³-hybridized carbons (Fsp3) is 0.500. The van der Waals surface area contributed by atoms with Crippen LogP contribution in [0.3, 0.4) is 0 Å². The number of carboxylic acids is 1.